The highest BCUT2D eigenvalue weighted by molar-refractivity contribution is 5.92. The van der Waals surface area contributed by atoms with Crippen LogP contribution in [0, 0.1) is 0 Å². The van der Waals surface area contributed by atoms with Crippen molar-refractivity contribution in [3.8, 4) is 0 Å². The summed E-state index contributed by atoms with van der Waals surface area (Å²) in [6, 6.07) is -0.101. The number of hydrogen-bond donors (Lipinski definition) is 0. The molecule has 0 atom stereocenters. The average Bonchev–Trinajstić information content (AvgIpc) is 2.56. The summed E-state index contributed by atoms with van der Waals surface area (Å²) >= 11 is 0. The molecule has 0 aromatic carbocycles. The van der Waals surface area contributed by atoms with Crippen molar-refractivity contribution in [1.29, 1.82) is 0 Å². The first-order valence-corrected chi connectivity index (χ1v) is 4.40. The number of likely N-dealkylation sites (tertiary alicyclic amines) is 1. The molecule has 1 aliphatic rings. The average molecular weight is 207 g/mol. The van der Waals surface area contributed by atoms with E-state index in [-0.39, 0.29) is 11.9 Å². The van der Waals surface area contributed by atoms with Gasteiger partial charge in [0.25, 0.3) is 5.91 Å². The third-order valence-corrected chi connectivity index (χ3v) is 2.19. The molecule has 0 N–H and O–H groups in total. The molecule has 0 saturated carbocycles. The Bertz CT molecular complexity index is 426. The van der Waals surface area contributed by atoms with E-state index >= 15 is 0 Å². The highest BCUT2D eigenvalue weighted by Crippen LogP contribution is 2.14. The van der Waals surface area contributed by atoms with Crippen molar-refractivity contribution in [3.05, 3.63) is 22.3 Å². The van der Waals surface area contributed by atoms with Crippen LogP contribution >= 0.6 is 0 Å². The van der Waals surface area contributed by atoms with Gasteiger partial charge >= 0.3 is 0 Å². The molecule has 0 unspecified atom stereocenters. The van der Waals surface area contributed by atoms with Gasteiger partial charge in [0.1, 0.15) is 0 Å². The SMILES string of the molecule is Cn1cc(C(=O)N2CC(N=[N+]=[N-])C2)nn1. The highest BCUT2D eigenvalue weighted by atomic mass is 16.2. The predicted octanol–water partition coefficient (Wildman–Crippen LogP) is -0.0502. The van der Waals surface area contributed by atoms with E-state index in [9.17, 15) is 4.79 Å². The molecular weight excluding hydrogens is 198 g/mol. The quantitative estimate of drug-likeness (QED) is 0.386. The Balaban J connectivity index is 1.97. The van der Waals surface area contributed by atoms with Gasteiger partial charge in [0.15, 0.2) is 5.69 Å². The van der Waals surface area contributed by atoms with Crippen LogP contribution in [0.3, 0.4) is 0 Å². The van der Waals surface area contributed by atoms with Gasteiger partial charge in [-0.2, -0.15) is 0 Å². The number of carbonyl (C=O) groups excluding carboxylic acids is 1. The summed E-state index contributed by atoms with van der Waals surface area (Å²) < 4.78 is 1.47. The van der Waals surface area contributed by atoms with E-state index in [1.54, 1.807) is 18.1 Å². The van der Waals surface area contributed by atoms with Gasteiger partial charge in [-0.15, -0.1) is 5.10 Å². The summed E-state index contributed by atoms with van der Waals surface area (Å²) in [5.41, 5.74) is 8.49. The van der Waals surface area contributed by atoms with Crippen LogP contribution < -0.4 is 0 Å². The zero-order valence-electron chi connectivity index (χ0n) is 8.11. The highest BCUT2D eigenvalue weighted by Gasteiger charge is 2.31. The van der Waals surface area contributed by atoms with Gasteiger partial charge in [-0.3, -0.25) is 9.48 Å². The second kappa shape index (κ2) is 3.58. The molecule has 1 aromatic rings. The third kappa shape index (κ3) is 1.75. The fraction of sp³-hybridized carbons (Fsp3) is 0.571. The normalized spacial score (nSPS) is 15.7. The summed E-state index contributed by atoms with van der Waals surface area (Å²) in [5, 5.41) is 10.9. The number of rotatable bonds is 2. The monoisotopic (exact) mass is 207 g/mol. The number of azide groups is 1. The summed E-state index contributed by atoms with van der Waals surface area (Å²) in [4.78, 5) is 15.9. The van der Waals surface area contributed by atoms with Crippen molar-refractivity contribution in [2.75, 3.05) is 13.1 Å². The Hall–Kier alpha value is -2.08. The van der Waals surface area contributed by atoms with Gasteiger partial charge < -0.3 is 4.90 Å². The first-order chi connectivity index (χ1) is 7.20. The van der Waals surface area contributed by atoms with Crippen LogP contribution in [0.4, 0.5) is 0 Å². The Labute approximate surface area is 85.1 Å². The van der Waals surface area contributed by atoms with Crippen molar-refractivity contribution >= 4 is 5.91 Å². The maximum absolute atomic E-state index is 11.7. The molecule has 1 amide bonds. The summed E-state index contributed by atoms with van der Waals surface area (Å²) in [5.74, 6) is -0.174. The van der Waals surface area contributed by atoms with E-state index in [2.05, 4.69) is 20.3 Å². The van der Waals surface area contributed by atoms with E-state index in [1.165, 1.54) is 4.68 Å². The minimum atomic E-state index is -0.174. The standard InChI is InChI=1S/C7H9N7O/c1-13-4-6(10-12-13)7(15)14-2-5(3-14)9-11-8/h4-5H,2-3H2,1H3. The third-order valence-electron chi connectivity index (χ3n) is 2.19. The second-order valence-electron chi connectivity index (χ2n) is 3.35. The minimum absolute atomic E-state index is 0.101. The van der Waals surface area contributed by atoms with Gasteiger partial charge in [-0.25, -0.2) is 0 Å². The van der Waals surface area contributed by atoms with E-state index in [4.69, 9.17) is 5.53 Å². The van der Waals surface area contributed by atoms with Crippen molar-refractivity contribution in [2.24, 2.45) is 12.2 Å². The molecule has 8 heteroatoms. The van der Waals surface area contributed by atoms with Crippen LogP contribution in [0.5, 0.6) is 0 Å². The number of carbonyl (C=O) groups is 1. The van der Waals surface area contributed by atoms with E-state index < -0.39 is 0 Å². The van der Waals surface area contributed by atoms with Gasteiger partial charge in [-0.05, 0) is 5.53 Å². The van der Waals surface area contributed by atoms with Gasteiger partial charge in [0.05, 0.1) is 12.2 Å². The van der Waals surface area contributed by atoms with E-state index in [0.717, 1.165) is 0 Å². The molecule has 0 spiro atoms. The molecule has 1 aliphatic heterocycles. The number of aryl methyl sites for hydroxylation is 1. The first kappa shape index (κ1) is 9.47. The van der Waals surface area contributed by atoms with Crippen molar-refractivity contribution in [2.45, 2.75) is 6.04 Å². The van der Waals surface area contributed by atoms with Gasteiger partial charge in [0.2, 0.25) is 0 Å². The smallest absolute Gasteiger partial charge is 0.276 e. The predicted molar refractivity (Wildman–Crippen MR) is 49.8 cm³/mol. The van der Waals surface area contributed by atoms with Crippen LogP contribution in [0.1, 0.15) is 10.5 Å². The summed E-state index contributed by atoms with van der Waals surface area (Å²) in [7, 11) is 1.70. The lowest BCUT2D eigenvalue weighted by Gasteiger charge is -2.35. The maximum atomic E-state index is 11.7. The number of hydrogen-bond acceptors (Lipinski definition) is 4. The number of aromatic nitrogens is 3. The van der Waals surface area contributed by atoms with Crippen LogP contribution in [0.25, 0.3) is 10.4 Å². The first-order valence-electron chi connectivity index (χ1n) is 4.40. The molecule has 0 bridgehead atoms. The molecule has 78 valence electrons. The fourth-order valence-corrected chi connectivity index (χ4v) is 1.37. The molecule has 1 saturated heterocycles. The molecule has 2 rings (SSSR count). The summed E-state index contributed by atoms with van der Waals surface area (Å²) in [6.45, 7) is 0.916. The zero-order valence-corrected chi connectivity index (χ0v) is 8.11. The molecular formula is C7H9N7O. The minimum Gasteiger partial charge on any atom is -0.336 e. The molecule has 15 heavy (non-hydrogen) atoms. The van der Waals surface area contributed by atoms with Gasteiger partial charge in [-0.1, -0.05) is 10.3 Å². The Morgan fingerprint density at radius 1 is 1.73 bits per heavy atom. The largest absolute Gasteiger partial charge is 0.336 e. The summed E-state index contributed by atoms with van der Waals surface area (Å²) in [6.07, 6.45) is 1.56. The zero-order chi connectivity index (χ0) is 10.8. The van der Waals surface area contributed by atoms with Crippen molar-refractivity contribution < 1.29 is 4.79 Å². The van der Waals surface area contributed by atoms with Crippen molar-refractivity contribution in [1.82, 2.24) is 19.9 Å². The lowest BCUT2D eigenvalue weighted by molar-refractivity contribution is 0.0602. The van der Waals surface area contributed by atoms with E-state index in [0.29, 0.717) is 18.8 Å². The molecule has 1 fully saturated rings. The van der Waals surface area contributed by atoms with Crippen LogP contribution in [-0.4, -0.2) is 44.9 Å². The molecule has 1 aromatic heterocycles. The number of nitrogens with zero attached hydrogens (tertiary/aromatic N) is 7. The molecule has 2 heterocycles. The van der Waals surface area contributed by atoms with Crippen LogP contribution in [0.2, 0.25) is 0 Å². The van der Waals surface area contributed by atoms with E-state index in [1.807, 2.05) is 0 Å². The Kier molecular flexibility index (Phi) is 2.26. The molecule has 8 nitrogen and oxygen atoms in total. The van der Waals surface area contributed by atoms with Gasteiger partial charge in [0, 0.05) is 25.0 Å². The lowest BCUT2D eigenvalue weighted by atomic mass is 10.1. The maximum Gasteiger partial charge on any atom is 0.276 e. The Morgan fingerprint density at radius 2 is 2.47 bits per heavy atom. The molecule has 0 radical (unpaired) electrons. The lowest BCUT2D eigenvalue weighted by Crippen LogP contribution is -2.52. The van der Waals surface area contributed by atoms with Crippen LogP contribution in [-0.2, 0) is 7.05 Å². The Morgan fingerprint density at radius 3 is 3.00 bits per heavy atom. The fourth-order valence-electron chi connectivity index (χ4n) is 1.37. The second-order valence-corrected chi connectivity index (χ2v) is 3.35. The number of amides is 1. The van der Waals surface area contributed by atoms with Crippen molar-refractivity contribution in [3.63, 3.8) is 0 Å². The topological polar surface area (TPSA) is 99.8 Å². The van der Waals surface area contributed by atoms with Crippen LogP contribution in [0.15, 0.2) is 11.3 Å². The molecule has 0 aliphatic carbocycles.